The number of anilines is 1. The van der Waals surface area contributed by atoms with E-state index in [9.17, 15) is 4.79 Å². The van der Waals surface area contributed by atoms with Crippen LogP contribution in [0, 0.1) is 0 Å². The molecule has 1 aromatic heterocycles. The maximum absolute atomic E-state index is 11.3. The van der Waals surface area contributed by atoms with Gasteiger partial charge in [0.15, 0.2) is 0 Å². The molecule has 1 fully saturated rings. The fourth-order valence-electron chi connectivity index (χ4n) is 2.54. The van der Waals surface area contributed by atoms with E-state index in [1.54, 1.807) is 6.07 Å². The third-order valence-electron chi connectivity index (χ3n) is 3.43. The van der Waals surface area contributed by atoms with Gasteiger partial charge in [0.05, 0.1) is 6.54 Å². The quantitative estimate of drug-likeness (QED) is 0.838. The Morgan fingerprint density at radius 1 is 1.47 bits per heavy atom. The topological polar surface area (TPSA) is 72.1 Å². The average molecular weight is 283 g/mol. The zero-order chi connectivity index (χ0) is 13.8. The summed E-state index contributed by atoms with van der Waals surface area (Å²) in [6.45, 7) is 2.16. The predicted molar refractivity (Wildman–Crippen MR) is 75.2 cm³/mol. The molecular formula is C13H19ClN4O. The van der Waals surface area contributed by atoms with Crippen LogP contribution in [-0.2, 0) is 11.2 Å². The van der Waals surface area contributed by atoms with Crippen molar-refractivity contribution in [3.63, 3.8) is 0 Å². The molecule has 0 bridgehead atoms. The standard InChI is InChI=1S/C13H19ClN4O/c1-2-12-16-10(14)7-13(17-12)18(8-11(15)19)9-5-3-4-6-9/h7,9H,2-6,8H2,1H3,(H2,15,19). The third kappa shape index (κ3) is 3.56. The Morgan fingerprint density at radius 3 is 2.74 bits per heavy atom. The second-order valence-electron chi connectivity index (χ2n) is 4.85. The summed E-state index contributed by atoms with van der Waals surface area (Å²) in [6, 6.07) is 2.03. The molecule has 0 aliphatic heterocycles. The van der Waals surface area contributed by atoms with Gasteiger partial charge >= 0.3 is 0 Å². The largest absolute Gasteiger partial charge is 0.368 e. The fraction of sp³-hybridized carbons (Fsp3) is 0.615. The van der Waals surface area contributed by atoms with Crippen LogP contribution in [0.2, 0.25) is 5.15 Å². The van der Waals surface area contributed by atoms with Crippen molar-refractivity contribution in [2.24, 2.45) is 5.73 Å². The molecule has 2 rings (SSSR count). The number of nitrogens with zero attached hydrogens (tertiary/aromatic N) is 3. The second-order valence-corrected chi connectivity index (χ2v) is 5.24. The van der Waals surface area contributed by atoms with Crippen molar-refractivity contribution < 1.29 is 4.79 Å². The first-order valence-corrected chi connectivity index (χ1v) is 7.06. The van der Waals surface area contributed by atoms with E-state index in [4.69, 9.17) is 17.3 Å². The molecule has 6 heteroatoms. The highest BCUT2D eigenvalue weighted by molar-refractivity contribution is 6.29. The first kappa shape index (κ1) is 14.1. The maximum atomic E-state index is 11.3. The average Bonchev–Trinajstić information content (AvgIpc) is 2.88. The van der Waals surface area contributed by atoms with Gasteiger partial charge in [0, 0.05) is 18.5 Å². The monoisotopic (exact) mass is 282 g/mol. The number of carbonyl (C=O) groups is 1. The molecular weight excluding hydrogens is 264 g/mol. The van der Waals surface area contributed by atoms with E-state index in [1.165, 1.54) is 12.8 Å². The molecule has 1 saturated carbocycles. The molecule has 19 heavy (non-hydrogen) atoms. The Bertz CT molecular complexity index is 460. The van der Waals surface area contributed by atoms with Crippen molar-refractivity contribution in [1.29, 1.82) is 0 Å². The lowest BCUT2D eigenvalue weighted by Gasteiger charge is -2.29. The highest BCUT2D eigenvalue weighted by Crippen LogP contribution is 2.28. The van der Waals surface area contributed by atoms with Gasteiger partial charge in [-0.2, -0.15) is 0 Å². The van der Waals surface area contributed by atoms with Gasteiger partial charge in [-0.15, -0.1) is 0 Å². The minimum absolute atomic E-state index is 0.182. The van der Waals surface area contributed by atoms with Crippen LogP contribution in [0.5, 0.6) is 0 Å². The first-order chi connectivity index (χ1) is 9.10. The van der Waals surface area contributed by atoms with Crippen molar-refractivity contribution >= 4 is 23.3 Å². The zero-order valence-electron chi connectivity index (χ0n) is 11.1. The van der Waals surface area contributed by atoms with Gasteiger partial charge in [0.25, 0.3) is 0 Å². The van der Waals surface area contributed by atoms with Crippen LogP contribution >= 0.6 is 11.6 Å². The third-order valence-corrected chi connectivity index (χ3v) is 3.62. The summed E-state index contributed by atoms with van der Waals surface area (Å²) in [5.74, 6) is 1.05. The molecule has 0 spiro atoms. The maximum Gasteiger partial charge on any atom is 0.237 e. The lowest BCUT2D eigenvalue weighted by molar-refractivity contribution is -0.116. The summed E-state index contributed by atoms with van der Waals surface area (Å²) in [5.41, 5.74) is 5.35. The van der Waals surface area contributed by atoms with Gasteiger partial charge in [0.1, 0.15) is 16.8 Å². The molecule has 1 heterocycles. The van der Waals surface area contributed by atoms with E-state index in [1.807, 2.05) is 11.8 Å². The molecule has 0 radical (unpaired) electrons. The van der Waals surface area contributed by atoms with Gasteiger partial charge in [0.2, 0.25) is 5.91 Å². The number of carbonyl (C=O) groups excluding carboxylic acids is 1. The van der Waals surface area contributed by atoms with Crippen LogP contribution in [0.25, 0.3) is 0 Å². The van der Waals surface area contributed by atoms with Crippen LogP contribution in [0.1, 0.15) is 38.4 Å². The Labute approximate surface area is 118 Å². The van der Waals surface area contributed by atoms with Crippen LogP contribution < -0.4 is 10.6 Å². The zero-order valence-corrected chi connectivity index (χ0v) is 11.9. The fourth-order valence-corrected chi connectivity index (χ4v) is 2.73. The summed E-state index contributed by atoms with van der Waals surface area (Å²) in [4.78, 5) is 21.9. The molecule has 104 valence electrons. The lowest BCUT2D eigenvalue weighted by atomic mass is 10.2. The molecule has 1 amide bonds. The number of hydrogen-bond acceptors (Lipinski definition) is 4. The van der Waals surface area contributed by atoms with E-state index in [-0.39, 0.29) is 12.5 Å². The number of halogens is 1. The molecule has 1 aromatic rings. The van der Waals surface area contributed by atoms with Crippen molar-refractivity contribution in [1.82, 2.24) is 9.97 Å². The minimum atomic E-state index is -0.348. The predicted octanol–water partition coefficient (Wildman–Crippen LogP) is 1.93. The van der Waals surface area contributed by atoms with Gasteiger partial charge in [-0.05, 0) is 12.8 Å². The SMILES string of the molecule is CCc1nc(Cl)cc(N(CC(N)=O)C2CCCC2)n1. The van der Waals surface area contributed by atoms with Gasteiger partial charge in [-0.25, -0.2) is 9.97 Å². The Balaban J connectivity index is 2.30. The Morgan fingerprint density at radius 2 is 2.16 bits per heavy atom. The Kier molecular flexibility index (Phi) is 4.58. The summed E-state index contributed by atoms with van der Waals surface area (Å²) in [5, 5.41) is 0.411. The highest BCUT2D eigenvalue weighted by Gasteiger charge is 2.25. The van der Waals surface area contributed by atoms with Crippen molar-refractivity contribution in [3.05, 3.63) is 17.0 Å². The number of hydrogen-bond donors (Lipinski definition) is 1. The Hall–Kier alpha value is -1.36. The number of rotatable bonds is 5. The summed E-state index contributed by atoms with van der Waals surface area (Å²) in [7, 11) is 0. The van der Waals surface area contributed by atoms with Crippen LogP contribution in [0.3, 0.4) is 0 Å². The van der Waals surface area contributed by atoms with E-state index >= 15 is 0 Å². The van der Waals surface area contributed by atoms with Gasteiger partial charge in [-0.3, -0.25) is 4.79 Å². The molecule has 0 aromatic carbocycles. The number of nitrogens with two attached hydrogens (primary N) is 1. The van der Waals surface area contributed by atoms with E-state index < -0.39 is 0 Å². The number of aryl methyl sites for hydroxylation is 1. The normalized spacial score (nSPS) is 15.7. The highest BCUT2D eigenvalue weighted by atomic mass is 35.5. The molecule has 0 atom stereocenters. The van der Waals surface area contributed by atoms with E-state index in [2.05, 4.69) is 9.97 Å². The summed E-state index contributed by atoms with van der Waals surface area (Å²) in [6.07, 6.45) is 5.20. The number of aromatic nitrogens is 2. The smallest absolute Gasteiger partial charge is 0.237 e. The first-order valence-electron chi connectivity index (χ1n) is 6.68. The molecule has 5 nitrogen and oxygen atoms in total. The van der Waals surface area contributed by atoms with Crippen molar-refractivity contribution in [2.45, 2.75) is 45.1 Å². The molecule has 2 N–H and O–H groups in total. The minimum Gasteiger partial charge on any atom is -0.368 e. The van der Waals surface area contributed by atoms with E-state index in [0.717, 1.165) is 12.8 Å². The molecule has 0 unspecified atom stereocenters. The van der Waals surface area contributed by atoms with E-state index in [0.29, 0.717) is 29.3 Å². The lowest BCUT2D eigenvalue weighted by Crippen LogP contribution is -2.40. The van der Waals surface area contributed by atoms with Gasteiger partial charge < -0.3 is 10.6 Å². The van der Waals surface area contributed by atoms with Crippen molar-refractivity contribution in [3.8, 4) is 0 Å². The molecule has 1 aliphatic rings. The molecule has 0 saturated heterocycles. The number of primary amides is 1. The van der Waals surface area contributed by atoms with Crippen LogP contribution in [0.15, 0.2) is 6.07 Å². The van der Waals surface area contributed by atoms with Gasteiger partial charge in [-0.1, -0.05) is 31.4 Å². The second kappa shape index (κ2) is 6.19. The van der Waals surface area contributed by atoms with Crippen LogP contribution in [0.4, 0.5) is 5.82 Å². The summed E-state index contributed by atoms with van der Waals surface area (Å²) < 4.78 is 0. The summed E-state index contributed by atoms with van der Waals surface area (Å²) >= 11 is 6.02. The number of amides is 1. The molecule has 1 aliphatic carbocycles. The van der Waals surface area contributed by atoms with Crippen LogP contribution in [-0.4, -0.2) is 28.5 Å². The van der Waals surface area contributed by atoms with Crippen molar-refractivity contribution in [2.75, 3.05) is 11.4 Å².